The van der Waals surface area contributed by atoms with Crippen LogP contribution in [-0.4, -0.2) is 62.7 Å². The topological polar surface area (TPSA) is 145 Å². The minimum atomic E-state index is -1.31. The average Bonchev–Trinajstić information content (AvgIpc) is 2.70. The summed E-state index contributed by atoms with van der Waals surface area (Å²) in [6.07, 6.45) is 0. The molecule has 0 spiro atoms. The van der Waals surface area contributed by atoms with Crippen LogP contribution in [0.4, 0.5) is 0 Å². The van der Waals surface area contributed by atoms with Gasteiger partial charge >= 0.3 is 11.9 Å². The molecule has 0 aromatic heterocycles. The standard InChI is InChI=1S/C18H19N3O7S/c1-9(22)28-7-11-8-29-17-13(16(24)21(17)14(11)18(25)26)19-15(23)12(20-27)10-5-3-2-4-6-10/h2-6,12-13,17,20,27H,7-8H2,1H3,(H,19,23)(H,25,26)/t12?,13-,17+/m1/s1. The molecule has 3 rings (SSSR count). The predicted octanol–water partition coefficient (Wildman–Crippen LogP) is 0.00820. The molecule has 2 heterocycles. The quantitative estimate of drug-likeness (QED) is 0.272. The van der Waals surface area contributed by atoms with Gasteiger partial charge in [-0.15, -0.1) is 11.8 Å². The molecule has 0 radical (unpaired) electrons. The number of carboxylic acid groups (broad SMARTS) is 1. The number of β-lactam (4-membered cyclic amide) rings is 1. The zero-order chi connectivity index (χ0) is 21.1. The maximum Gasteiger partial charge on any atom is 0.352 e. The number of carbonyl (C=O) groups is 4. The summed E-state index contributed by atoms with van der Waals surface area (Å²) in [6, 6.07) is 6.44. The van der Waals surface area contributed by atoms with Gasteiger partial charge in [-0.05, 0) is 5.56 Å². The van der Waals surface area contributed by atoms with Crippen molar-refractivity contribution in [1.82, 2.24) is 15.7 Å². The fourth-order valence-electron chi connectivity index (χ4n) is 3.15. The highest BCUT2D eigenvalue weighted by Crippen LogP contribution is 2.40. The average molecular weight is 421 g/mol. The fraction of sp³-hybridized carbons (Fsp3) is 0.333. The molecule has 1 aromatic rings. The summed E-state index contributed by atoms with van der Waals surface area (Å²) in [4.78, 5) is 48.9. The summed E-state index contributed by atoms with van der Waals surface area (Å²) in [6.45, 7) is 0.987. The van der Waals surface area contributed by atoms with E-state index in [1.807, 2.05) is 5.48 Å². The Morgan fingerprint density at radius 3 is 2.59 bits per heavy atom. The number of carbonyl (C=O) groups excluding carboxylic acids is 3. The Kier molecular flexibility index (Phi) is 6.20. The summed E-state index contributed by atoms with van der Waals surface area (Å²) in [7, 11) is 0. The van der Waals surface area contributed by atoms with Crippen molar-refractivity contribution in [3.63, 3.8) is 0 Å². The van der Waals surface area contributed by atoms with E-state index in [1.165, 1.54) is 18.7 Å². The molecule has 2 aliphatic rings. The Morgan fingerprint density at radius 1 is 1.31 bits per heavy atom. The van der Waals surface area contributed by atoms with Crippen LogP contribution in [0, 0.1) is 0 Å². The maximum absolute atomic E-state index is 12.6. The number of nitrogens with one attached hydrogen (secondary N) is 2. The molecule has 154 valence electrons. The van der Waals surface area contributed by atoms with Crippen LogP contribution in [0.25, 0.3) is 0 Å². The van der Waals surface area contributed by atoms with Crippen LogP contribution in [0.3, 0.4) is 0 Å². The molecule has 29 heavy (non-hydrogen) atoms. The first kappa shape index (κ1) is 20.8. The van der Waals surface area contributed by atoms with Gasteiger partial charge in [0.25, 0.3) is 5.91 Å². The lowest BCUT2D eigenvalue weighted by molar-refractivity contribution is -0.151. The Bertz CT molecular complexity index is 873. The Balaban J connectivity index is 1.74. The first-order valence-corrected chi connectivity index (χ1v) is 9.68. The van der Waals surface area contributed by atoms with Crippen molar-refractivity contribution < 1.29 is 34.2 Å². The van der Waals surface area contributed by atoms with Crippen LogP contribution in [0.2, 0.25) is 0 Å². The monoisotopic (exact) mass is 421 g/mol. The van der Waals surface area contributed by atoms with Crippen molar-refractivity contribution >= 4 is 35.5 Å². The van der Waals surface area contributed by atoms with Crippen LogP contribution >= 0.6 is 11.8 Å². The molecule has 0 bridgehead atoms. The zero-order valence-corrected chi connectivity index (χ0v) is 16.1. The molecule has 2 aliphatic heterocycles. The lowest BCUT2D eigenvalue weighted by Gasteiger charge is -2.49. The number of aliphatic carboxylic acids is 1. The number of carboxylic acids is 1. The lowest BCUT2D eigenvalue weighted by Crippen LogP contribution is -2.71. The minimum absolute atomic E-state index is 0.220. The van der Waals surface area contributed by atoms with Gasteiger partial charge in [0.15, 0.2) is 0 Å². The van der Waals surface area contributed by atoms with Crippen LogP contribution in [-0.2, 0) is 23.9 Å². The van der Waals surface area contributed by atoms with Gasteiger partial charge in [0, 0.05) is 18.2 Å². The van der Waals surface area contributed by atoms with Crippen molar-refractivity contribution in [2.45, 2.75) is 24.4 Å². The summed E-state index contributed by atoms with van der Waals surface area (Å²) in [5.41, 5.74) is 2.51. The first-order chi connectivity index (χ1) is 13.8. The van der Waals surface area contributed by atoms with Crippen LogP contribution in [0.15, 0.2) is 41.6 Å². The molecular weight excluding hydrogens is 402 g/mol. The molecule has 2 amide bonds. The van der Waals surface area contributed by atoms with Gasteiger partial charge in [0.1, 0.15) is 29.8 Å². The van der Waals surface area contributed by atoms with E-state index in [-0.39, 0.29) is 18.1 Å². The smallest absolute Gasteiger partial charge is 0.352 e. The van der Waals surface area contributed by atoms with Gasteiger partial charge in [0.2, 0.25) is 5.91 Å². The number of esters is 1. The third-order valence-electron chi connectivity index (χ3n) is 4.52. The molecule has 1 aromatic carbocycles. The number of hydrogen-bond acceptors (Lipinski definition) is 8. The van der Waals surface area contributed by atoms with Gasteiger partial charge < -0.3 is 20.4 Å². The van der Waals surface area contributed by atoms with E-state index in [1.54, 1.807) is 30.3 Å². The molecule has 4 N–H and O–H groups in total. The summed E-state index contributed by atoms with van der Waals surface area (Å²) < 4.78 is 4.87. The van der Waals surface area contributed by atoms with E-state index < -0.39 is 41.2 Å². The number of hydrogen-bond donors (Lipinski definition) is 4. The second-order valence-corrected chi connectivity index (χ2v) is 7.51. The molecular formula is C18H19N3O7S. The highest BCUT2D eigenvalue weighted by atomic mass is 32.2. The summed E-state index contributed by atoms with van der Waals surface area (Å²) in [5.74, 6) is -2.84. The van der Waals surface area contributed by atoms with Gasteiger partial charge in [0.05, 0.1) is 0 Å². The second-order valence-electron chi connectivity index (χ2n) is 6.41. The van der Waals surface area contributed by atoms with E-state index in [0.29, 0.717) is 11.1 Å². The van der Waals surface area contributed by atoms with E-state index in [2.05, 4.69) is 5.32 Å². The van der Waals surface area contributed by atoms with Crippen molar-refractivity contribution in [2.75, 3.05) is 12.4 Å². The highest BCUT2D eigenvalue weighted by Gasteiger charge is 2.54. The number of nitrogens with zero attached hydrogens (tertiary/aromatic N) is 1. The SMILES string of the molecule is CC(=O)OCC1=C(C(=O)O)N2C(=O)[C@@H](NC(=O)C(NO)c3ccccc3)[C@@H]2SC1. The molecule has 1 saturated heterocycles. The van der Waals surface area contributed by atoms with Crippen molar-refractivity contribution in [3.8, 4) is 0 Å². The van der Waals surface area contributed by atoms with Crippen LogP contribution < -0.4 is 10.8 Å². The molecule has 1 fully saturated rings. The number of ether oxygens (including phenoxy) is 1. The van der Waals surface area contributed by atoms with Gasteiger partial charge in [-0.3, -0.25) is 19.3 Å². The third kappa shape index (κ3) is 4.11. The second kappa shape index (κ2) is 8.64. The fourth-order valence-corrected chi connectivity index (χ4v) is 4.48. The number of benzene rings is 1. The molecule has 1 unspecified atom stereocenters. The molecule has 10 nitrogen and oxygen atoms in total. The number of hydroxylamine groups is 1. The van der Waals surface area contributed by atoms with E-state index in [0.717, 1.165) is 4.90 Å². The minimum Gasteiger partial charge on any atom is -0.477 e. The van der Waals surface area contributed by atoms with Crippen LogP contribution in [0.1, 0.15) is 18.5 Å². The Morgan fingerprint density at radius 2 is 2.00 bits per heavy atom. The van der Waals surface area contributed by atoms with Crippen molar-refractivity contribution in [3.05, 3.63) is 47.2 Å². The largest absolute Gasteiger partial charge is 0.477 e. The highest BCUT2D eigenvalue weighted by molar-refractivity contribution is 8.00. The lowest BCUT2D eigenvalue weighted by atomic mass is 10.0. The predicted molar refractivity (Wildman–Crippen MR) is 100 cm³/mol. The van der Waals surface area contributed by atoms with Gasteiger partial charge in [-0.1, -0.05) is 30.3 Å². The third-order valence-corrected chi connectivity index (χ3v) is 5.86. The van der Waals surface area contributed by atoms with E-state index in [4.69, 9.17) is 4.74 Å². The Labute approximate surface area is 169 Å². The normalized spacial score (nSPS) is 21.7. The van der Waals surface area contributed by atoms with Crippen molar-refractivity contribution in [1.29, 1.82) is 0 Å². The molecule has 11 heteroatoms. The molecule has 0 aliphatic carbocycles. The van der Waals surface area contributed by atoms with Crippen molar-refractivity contribution in [2.24, 2.45) is 0 Å². The molecule has 0 saturated carbocycles. The number of thioether (sulfide) groups is 1. The number of amides is 2. The molecule has 3 atom stereocenters. The van der Waals surface area contributed by atoms with Crippen LogP contribution in [0.5, 0.6) is 0 Å². The van der Waals surface area contributed by atoms with Gasteiger partial charge in [-0.25, -0.2) is 4.79 Å². The Hall–Kier alpha value is -2.89. The maximum atomic E-state index is 12.6. The number of rotatable bonds is 7. The summed E-state index contributed by atoms with van der Waals surface area (Å²) in [5, 5.41) is 20.9. The first-order valence-electron chi connectivity index (χ1n) is 8.63. The van der Waals surface area contributed by atoms with E-state index >= 15 is 0 Å². The summed E-state index contributed by atoms with van der Waals surface area (Å²) >= 11 is 1.26. The number of fused-ring (bicyclic) bond motifs is 1. The van der Waals surface area contributed by atoms with E-state index in [9.17, 15) is 29.5 Å². The van der Waals surface area contributed by atoms with Gasteiger partial charge in [-0.2, -0.15) is 5.48 Å². The zero-order valence-electron chi connectivity index (χ0n) is 15.3.